The molecular weight excluding hydrogens is 141 g/mol. The number of halogens is 1. The third-order valence-electron chi connectivity index (χ3n) is 0.671. The van der Waals surface area contributed by atoms with Gasteiger partial charge in [0.2, 0.25) is 0 Å². The molecular formula is C5H8FNO3. The Balaban J connectivity index is 3.06. The van der Waals surface area contributed by atoms with Crippen LogP contribution in [0.2, 0.25) is 0 Å². The van der Waals surface area contributed by atoms with Gasteiger partial charge in [-0.05, 0) is 0 Å². The molecule has 0 spiro atoms. The van der Waals surface area contributed by atoms with E-state index >= 15 is 0 Å². The van der Waals surface area contributed by atoms with Crippen LogP contribution in [0.1, 0.15) is 6.92 Å². The van der Waals surface area contributed by atoms with E-state index in [1.54, 1.807) is 0 Å². The normalized spacial score (nSPS) is 8.60. The monoisotopic (exact) mass is 149 g/mol. The average molecular weight is 149 g/mol. The lowest BCUT2D eigenvalue weighted by Crippen LogP contribution is -2.23. The lowest BCUT2D eigenvalue weighted by atomic mass is 10.7. The number of carbonyl (C=O) groups is 2. The van der Waals surface area contributed by atoms with Crippen LogP contribution in [0.3, 0.4) is 0 Å². The van der Waals surface area contributed by atoms with E-state index in [0.717, 1.165) is 0 Å². The van der Waals surface area contributed by atoms with Crippen LogP contribution < -0.4 is 5.32 Å². The highest BCUT2D eigenvalue weighted by Crippen LogP contribution is 1.75. The van der Waals surface area contributed by atoms with Crippen LogP contribution in [-0.2, 0) is 9.53 Å². The van der Waals surface area contributed by atoms with Crippen LogP contribution >= 0.6 is 0 Å². The molecule has 0 rings (SSSR count). The zero-order chi connectivity index (χ0) is 7.98. The van der Waals surface area contributed by atoms with Gasteiger partial charge in [0.05, 0.1) is 6.54 Å². The van der Waals surface area contributed by atoms with E-state index in [4.69, 9.17) is 0 Å². The molecule has 1 N–H and O–H groups in total. The van der Waals surface area contributed by atoms with Gasteiger partial charge in [0, 0.05) is 6.92 Å². The fourth-order valence-corrected chi connectivity index (χ4v) is 0.344. The first kappa shape index (κ1) is 8.87. The molecule has 5 heteroatoms. The van der Waals surface area contributed by atoms with Gasteiger partial charge in [-0.15, -0.1) is 4.39 Å². The summed E-state index contributed by atoms with van der Waals surface area (Å²) in [5.74, 6) is -0.451. The van der Waals surface area contributed by atoms with Crippen molar-refractivity contribution in [2.75, 3.05) is 13.2 Å². The van der Waals surface area contributed by atoms with Gasteiger partial charge in [-0.2, -0.15) is 0 Å². The molecule has 0 unspecified atom stereocenters. The maximum atomic E-state index is 11.3. The summed E-state index contributed by atoms with van der Waals surface area (Å²) in [4.78, 5) is 19.6. The quantitative estimate of drug-likeness (QED) is 0.270. The van der Waals surface area contributed by atoms with Gasteiger partial charge in [-0.25, -0.2) is 4.79 Å². The number of hydrogen-bond donors (Lipinski definition) is 1. The van der Waals surface area contributed by atoms with E-state index in [0.29, 0.717) is 0 Å². The first-order valence-corrected chi connectivity index (χ1v) is 2.69. The third-order valence-corrected chi connectivity index (χ3v) is 0.671. The van der Waals surface area contributed by atoms with Crippen LogP contribution in [0.15, 0.2) is 0 Å². The summed E-state index contributed by atoms with van der Waals surface area (Å²) in [6.45, 7) is 1.25. The Labute approximate surface area is 57.4 Å². The van der Waals surface area contributed by atoms with Gasteiger partial charge in [0.15, 0.2) is 0 Å². The Morgan fingerprint density at radius 2 is 2.20 bits per heavy atom. The average Bonchev–Trinajstić information content (AvgIpc) is 1.79. The minimum absolute atomic E-state index is 0.00495. The van der Waals surface area contributed by atoms with Gasteiger partial charge in [0.25, 0.3) is 0 Å². The Bertz CT molecular complexity index is 121. The van der Waals surface area contributed by atoms with Crippen molar-refractivity contribution >= 4 is 12.1 Å². The summed E-state index contributed by atoms with van der Waals surface area (Å²) in [6.07, 6.45) is -1.62. The zero-order valence-corrected chi connectivity index (χ0v) is 5.52. The molecule has 4 nitrogen and oxygen atoms in total. The van der Waals surface area contributed by atoms with Gasteiger partial charge in [0.1, 0.15) is 6.61 Å². The zero-order valence-electron chi connectivity index (χ0n) is 5.52. The fraction of sp³-hybridized carbons (Fsp3) is 0.600. The number of amides is 1. The Hall–Kier alpha value is -1.13. The van der Waals surface area contributed by atoms with Crippen molar-refractivity contribution in [1.29, 1.82) is 0 Å². The summed E-state index contributed by atoms with van der Waals surface area (Å²) < 4.78 is 15.7. The van der Waals surface area contributed by atoms with Crippen LogP contribution in [-0.4, -0.2) is 25.3 Å². The predicted molar refractivity (Wildman–Crippen MR) is 31.1 cm³/mol. The standard InChI is InChI=1S/C5H8FNO3/c1-4(8)10-3-2-7-5(6)9/h2-3H2,1H3,(H,7,9). The fourth-order valence-electron chi connectivity index (χ4n) is 0.344. The number of rotatable bonds is 3. The molecule has 0 radical (unpaired) electrons. The highest BCUT2D eigenvalue weighted by Gasteiger charge is 1.95. The van der Waals surface area contributed by atoms with Crippen LogP contribution in [0.5, 0.6) is 0 Å². The summed E-state index contributed by atoms with van der Waals surface area (Å²) in [5.41, 5.74) is 0. The van der Waals surface area contributed by atoms with Gasteiger partial charge in [-0.3, -0.25) is 4.79 Å². The summed E-state index contributed by atoms with van der Waals surface area (Å²) in [7, 11) is 0. The smallest absolute Gasteiger partial charge is 0.397 e. The topological polar surface area (TPSA) is 55.4 Å². The molecule has 0 saturated carbocycles. The maximum Gasteiger partial charge on any atom is 0.397 e. The van der Waals surface area contributed by atoms with E-state index in [2.05, 4.69) is 4.74 Å². The largest absolute Gasteiger partial charge is 0.464 e. The van der Waals surface area contributed by atoms with Gasteiger partial charge in [-0.1, -0.05) is 0 Å². The molecule has 0 aromatic heterocycles. The number of hydrogen-bond acceptors (Lipinski definition) is 3. The summed E-state index contributed by atoms with van der Waals surface area (Å²) in [5, 5.41) is 1.82. The molecule has 0 atom stereocenters. The maximum absolute atomic E-state index is 11.3. The highest BCUT2D eigenvalue weighted by molar-refractivity contribution is 5.66. The van der Waals surface area contributed by atoms with Crippen LogP contribution in [0, 0.1) is 0 Å². The van der Waals surface area contributed by atoms with Crippen LogP contribution in [0.25, 0.3) is 0 Å². The summed E-state index contributed by atoms with van der Waals surface area (Å²) >= 11 is 0. The van der Waals surface area contributed by atoms with Crippen LogP contribution in [0.4, 0.5) is 9.18 Å². The van der Waals surface area contributed by atoms with Crippen molar-refractivity contribution in [2.45, 2.75) is 6.92 Å². The SMILES string of the molecule is CC(=O)OCCNC(=O)F. The number of esters is 1. The van der Waals surface area contributed by atoms with Crippen molar-refractivity contribution in [3.63, 3.8) is 0 Å². The van der Waals surface area contributed by atoms with Gasteiger partial charge < -0.3 is 10.1 Å². The molecule has 0 bridgehead atoms. The Morgan fingerprint density at radius 3 is 2.60 bits per heavy atom. The van der Waals surface area contributed by atoms with E-state index in [1.165, 1.54) is 6.92 Å². The first-order chi connectivity index (χ1) is 4.63. The molecule has 0 aromatic carbocycles. The highest BCUT2D eigenvalue weighted by atomic mass is 19.1. The van der Waals surface area contributed by atoms with E-state index in [-0.39, 0.29) is 13.2 Å². The predicted octanol–water partition coefficient (Wildman–Crippen LogP) is 0.229. The second-order valence-corrected chi connectivity index (χ2v) is 1.54. The molecule has 1 amide bonds. The molecule has 0 aliphatic heterocycles. The van der Waals surface area contributed by atoms with Crippen molar-refractivity contribution in [1.82, 2.24) is 5.32 Å². The number of nitrogens with one attached hydrogen (secondary N) is 1. The molecule has 58 valence electrons. The minimum atomic E-state index is -1.62. The molecule has 0 aliphatic rings. The Morgan fingerprint density at radius 1 is 1.60 bits per heavy atom. The number of carbonyl (C=O) groups excluding carboxylic acids is 2. The minimum Gasteiger partial charge on any atom is -0.464 e. The lowest BCUT2D eigenvalue weighted by Gasteiger charge is -1.99. The van der Waals surface area contributed by atoms with Gasteiger partial charge >= 0.3 is 12.1 Å². The molecule has 0 aliphatic carbocycles. The van der Waals surface area contributed by atoms with Crippen molar-refractivity contribution in [3.8, 4) is 0 Å². The lowest BCUT2D eigenvalue weighted by molar-refractivity contribution is -0.140. The molecule has 0 aromatic rings. The Kier molecular flexibility index (Phi) is 4.19. The van der Waals surface area contributed by atoms with Crippen molar-refractivity contribution in [3.05, 3.63) is 0 Å². The first-order valence-electron chi connectivity index (χ1n) is 2.69. The molecule has 0 fully saturated rings. The molecule has 10 heavy (non-hydrogen) atoms. The van der Waals surface area contributed by atoms with Crippen molar-refractivity contribution < 1.29 is 18.7 Å². The molecule has 0 saturated heterocycles. The second-order valence-electron chi connectivity index (χ2n) is 1.54. The van der Waals surface area contributed by atoms with E-state index in [9.17, 15) is 14.0 Å². The van der Waals surface area contributed by atoms with Crippen molar-refractivity contribution in [2.24, 2.45) is 0 Å². The summed E-state index contributed by atoms with van der Waals surface area (Å²) in [6, 6.07) is 0. The second kappa shape index (κ2) is 4.72. The third kappa shape index (κ3) is 6.87. The van der Waals surface area contributed by atoms with E-state index < -0.39 is 12.1 Å². The van der Waals surface area contributed by atoms with E-state index in [1.807, 2.05) is 5.32 Å². The number of ether oxygens (including phenoxy) is 1. The molecule has 0 heterocycles.